The molecule has 2 N–H and O–H groups in total. The minimum absolute atomic E-state index is 0.0301. The summed E-state index contributed by atoms with van der Waals surface area (Å²) in [7, 11) is 0. The number of nitrogens with zero attached hydrogens (tertiary/aromatic N) is 1. The van der Waals surface area contributed by atoms with E-state index in [0.717, 1.165) is 0 Å². The first-order valence-corrected chi connectivity index (χ1v) is 2.58. The maximum atomic E-state index is 9.98. The molecule has 0 aromatic carbocycles. The fourth-order valence-corrected chi connectivity index (χ4v) is 0.614. The average Bonchev–Trinajstić information content (AvgIpc) is 2.14. The van der Waals surface area contributed by atoms with E-state index in [-0.39, 0.29) is 11.9 Å². The average molecular weight is 129 g/mol. The quantitative estimate of drug-likeness (QED) is 0.373. The van der Waals surface area contributed by atoms with Crippen LogP contribution in [0, 0.1) is 10.1 Å². The number of hydrogen-bond donors (Lipinski definition) is 2. The van der Waals surface area contributed by atoms with Gasteiger partial charge in [0.15, 0.2) is 0 Å². The standard InChI is InChI=1S/C4H7N3O2/c1-3-2-4(6-5-3)7(8)9/h2-3,5-6H,1H3. The van der Waals surface area contributed by atoms with E-state index in [2.05, 4.69) is 10.9 Å². The Labute approximate surface area is 51.9 Å². The number of rotatable bonds is 1. The van der Waals surface area contributed by atoms with Crippen molar-refractivity contribution in [3.8, 4) is 0 Å². The summed E-state index contributed by atoms with van der Waals surface area (Å²) in [6, 6.07) is 0.0467. The van der Waals surface area contributed by atoms with Crippen molar-refractivity contribution in [1.29, 1.82) is 0 Å². The normalized spacial score (nSPS) is 25.0. The number of nitro groups is 1. The van der Waals surface area contributed by atoms with Crippen molar-refractivity contribution in [3.05, 3.63) is 22.0 Å². The summed E-state index contributed by atoms with van der Waals surface area (Å²) in [4.78, 5) is 9.52. The molecule has 5 heteroatoms. The second kappa shape index (κ2) is 2.02. The highest BCUT2D eigenvalue weighted by Gasteiger charge is 2.17. The molecular formula is C4H7N3O2. The first kappa shape index (κ1) is 6.03. The second-order valence-electron chi connectivity index (χ2n) is 1.87. The van der Waals surface area contributed by atoms with Crippen molar-refractivity contribution in [1.82, 2.24) is 10.9 Å². The second-order valence-corrected chi connectivity index (χ2v) is 1.87. The van der Waals surface area contributed by atoms with Crippen molar-refractivity contribution < 1.29 is 4.92 Å². The van der Waals surface area contributed by atoms with Gasteiger partial charge in [0, 0.05) is 6.08 Å². The molecule has 0 bridgehead atoms. The number of hydrazine groups is 1. The zero-order chi connectivity index (χ0) is 6.85. The van der Waals surface area contributed by atoms with Crippen LogP contribution in [0.1, 0.15) is 6.92 Å². The lowest BCUT2D eigenvalue weighted by Crippen LogP contribution is -2.31. The van der Waals surface area contributed by atoms with Crippen molar-refractivity contribution in [2.45, 2.75) is 13.0 Å². The topological polar surface area (TPSA) is 67.2 Å². The Kier molecular flexibility index (Phi) is 1.35. The molecule has 1 heterocycles. The molecule has 0 spiro atoms. The Morgan fingerprint density at radius 3 is 2.78 bits per heavy atom. The van der Waals surface area contributed by atoms with Gasteiger partial charge < -0.3 is 10.1 Å². The summed E-state index contributed by atoms with van der Waals surface area (Å²) >= 11 is 0. The molecule has 9 heavy (non-hydrogen) atoms. The van der Waals surface area contributed by atoms with E-state index in [9.17, 15) is 10.1 Å². The molecule has 1 unspecified atom stereocenters. The van der Waals surface area contributed by atoms with Crippen LogP contribution in [0.5, 0.6) is 0 Å². The van der Waals surface area contributed by atoms with E-state index < -0.39 is 4.92 Å². The fourth-order valence-electron chi connectivity index (χ4n) is 0.614. The molecule has 0 radical (unpaired) electrons. The highest BCUT2D eigenvalue weighted by Crippen LogP contribution is 1.98. The summed E-state index contributed by atoms with van der Waals surface area (Å²) in [6.45, 7) is 1.82. The predicted molar refractivity (Wildman–Crippen MR) is 30.8 cm³/mol. The summed E-state index contributed by atoms with van der Waals surface area (Å²) in [5.74, 6) is 0.0301. The Morgan fingerprint density at radius 1 is 1.89 bits per heavy atom. The van der Waals surface area contributed by atoms with E-state index in [1.165, 1.54) is 6.08 Å². The first-order chi connectivity index (χ1) is 4.20. The van der Waals surface area contributed by atoms with Crippen LogP contribution in [0.25, 0.3) is 0 Å². The third kappa shape index (κ3) is 1.17. The lowest BCUT2D eigenvalue weighted by molar-refractivity contribution is -0.431. The van der Waals surface area contributed by atoms with Crippen LogP contribution in [0.2, 0.25) is 0 Å². The molecule has 0 aromatic rings. The molecule has 1 aliphatic heterocycles. The van der Waals surface area contributed by atoms with Crippen LogP contribution >= 0.6 is 0 Å². The van der Waals surface area contributed by atoms with Gasteiger partial charge in [0.1, 0.15) is 0 Å². The van der Waals surface area contributed by atoms with Gasteiger partial charge in [0.05, 0.1) is 6.04 Å². The highest BCUT2D eigenvalue weighted by molar-refractivity contribution is 5.00. The molecule has 0 fully saturated rings. The van der Waals surface area contributed by atoms with Gasteiger partial charge in [-0.05, 0) is 11.8 Å². The van der Waals surface area contributed by atoms with Crippen molar-refractivity contribution in [3.63, 3.8) is 0 Å². The summed E-state index contributed by atoms with van der Waals surface area (Å²) in [5.41, 5.74) is 5.08. The lowest BCUT2D eigenvalue weighted by Gasteiger charge is -1.93. The van der Waals surface area contributed by atoms with Crippen LogP contribution in [-0.4, -0.2) is 11.0 Å². The Bertz CT molecular complexity index is 165. The lowest BCUT2D eigenvalue weighted by atomic mass is 10.4. The minimum atomic E-state index is -0.462. The highest BCUT2D eigenvalue weighted by atomic mass is 16.6. The summed E-state index contributed by atoms with van der Waals surface area (Å²) in [6.07, 6.45) is 1.51. The molecule has 50 valence electrons. The third-order valence-electron chi connectivity index (χ3n) is 1.03. The summed E-state index contributed by atoms with van der Waals surface area (Å²) < 4.78 is 0. The molecule has 0 saturated carbocycles. The number of nitrogens with one attached hydrogen (secondary N) is 2. The van der Waals surface area contributed by atoms with Gasteiger partial charge in [0.2, 0.25) is 0 Å². The van der Waals surface area contributed by atoms with Crippen molar-refractivity contribution >= 4 is 0 Å². The SMILES string of the molecule is CC1C=C([N+](=O)[O-])NN1. The predicted octanol–water partition coefficient (Wildman–Crippen LogP) is -0.399. The van der Waals surface area contributed by atoms with Crippen LogP contribution in [0.15, 0.2) is 11.9 Å². The van der Waals surface area contributed by atoms with Gasteiger partial charge in [0.25, 0.3) is 0 Å². The van der Waals surface area contributed by atoms with Gasteiger partial charge in [-0.1, -0.05) is 0 Å². The third-order valence-corrected chi connectivity index (χ3v) is 1.03. The molecule has 5 nitrogen and oxygen atoms in total. The van der Waals surface area contributed by atoms with Gasteiger partial charge in [-0.25, -0.2) is 0 Å². The van der Waals surface area contributed by atoms with Gasteiger partial charge >= 0.3 is 5.82 Å². The zero-order valence-corrected chi connectivity index (χ0v) is 4.92. The molecule has 0 amide bonds. The fraction of sp³-hybridized carbons (Fsp3) is 0.500. The van der Waals surface area contributed by atoms with E-state index in [0.29, 0.717) is 0 Å². The van der Waals surface area contributed by atoms with E-state index in [1.807, 2.05) is 6.92 Å². The van der Waals surface area contributed by atoms with Crippen molar-refractivity contribution in [2.24, 2.45) is 0 Å². The number of hydrogen-bond acceptors (Lipinski definition) is 4. The van der Waals surface area contributed by atoms with Crippen LogP contribution in [0.4, 0.5) is 0 Å². The Morgan fingerprint density at radius 2 is 2.56 bits per heavy atom. The Balaban J connectivity index is 2.62. The molecule has 0 saturated heterocycles. The maximum absolute atomic E-state index is 9.98. The van der Waals surface area contributed by atoms with E-state index in [1.54, 1.807) is 0 Å². The van der Waals surface area contributed by atoms with E-state index >= 15 is 0 Å². The molecule has 1 atom stereocenters. The molecule has 0 aromatic heterocycles. The van der Waals surface area contributed by atoms with Crippen LogP contribution < -0.4 is 10.9 Å². The molecule has 1 aliphatic rings. The summed E-state index contributed by atoms with van der Waals surface area (Å²) in [5, 5.41) is 9.98. The molecule has 0 aliphatic carbocycles. The Hall–Kier alpha value is -1.10. The maximum Gasteiger partial charge on any atom is 0.331 e. The minimum Gasteiger partial charge on any atom is -0.358 e. The van der Waals surface area contributed by atoms with E-state index in [4.69, 9.17) is 0 Å². The first-order valence-electron chi connectivity index (χ1n) is 2.58. The van der Waals surface area contributed by atoms with Gasteiger partial charge in [-0.2, -0.15) is 10.9 Å². The molecular weight excluding hydrogens is 122 g/mol. The van der Waals surface area contributed by atoms with Crippen LogP contribution in [0.3, 0.4) is 0 Å². The zero-order valence-electron chi connectivity index (χ0n) is 4.92. The monoisotopic (exact) mass is 129 g/mol. The van der Waals surface area contributed by atoms with Crippen molar-refractivity contribution in [2.75, 3.05) is 0 Å². The van der Waals surface area contributed by atoms with Gasteiger partial charge in [-0.15, -0.1) is 0 Å². The smallest absolute Gasteiger partial charge is 0.331 e. The molecule has 1 rings (SSSR count). The largest absolute Gasteiger partial charge is 0.358 e. The van der Waals surface area contributed by atoms with Crippen LogP contribution in [-0.2, 0) is 0 Å². The van der Waals surface area contributed by atoms with Gasteiger partial charge in [-0.3, -0.25) is 0 Å².